The van der Waals surface area contributed by atoms with E-state index in [0.29, 0.717) is 11.3 Å². The minimum Gasteiger partial charge on any atom is -0.431 e. The number of allylic oxidation sites excluding steroid dienone is 1. The van der Waals surface area contributed by atoms with E-state index in [1.807, 2.05) is 0 Å². The van der Waals surface area contributed by atoms with Crippen LogP contribution in [0.15, 0.2) is 24.0 Å². The molecule has 1 aliphatic carbocycles. The molecule has 96 valence electrons. The Hall–Kier alpha value is -1.78. The van der Waals surface area contributed by atoms with Crippen molar-refractivity contribution in [3.8, 4) is 0 Å². The Kier molecular flexibility index (Phi) is 2.92. The van der Waals surface area contributed by atoms with E-state index in [2.05, 4.69) is 0 Å². The predicted molar refractivity (Wildman–Crippen MR) is 59.6 cm³/mol. The summed E-state index contributed by atoms with van der Waals surface area (Å²) in [5, 5.41) is 0. The van der Waals surface area contributed by atoms with E-state index in [0.717, 1.165) is 17.7 Å². The van der Waals surface area contributed by atoms with Crippen molar-refractivity contribution in [1.29, 1.82) is 0 Å². The minimum absolute atomic E-state index is 0.203. The highest BCUT2D eigenvalue weighted by molar-refractivity contribution is 5.72. The van der Waals surface area contributed by atoms with Gasteiger partial charge in [0.1, 0.15) is 5.76 Å². The molecule has 1 atom stereocenters. The molecule has 0 fully saturated rings. The Morgan fingerprint density at radius 3 is 2.56 bits per heavy atom. The standard InChI is InChI=1S/C13H11F3O2/c1-7-11-4-3-10(13(14,15)16)5-9(11)6-12(7)18-8(2)17/h3-7H,1-2H3. The Bertz CT molecular complexity index is 530. The number of halogens is 3. The van der Waals surface area contributed by atoms with E-state index in [9.17, 15) is 18.0 Å². The van der Waals surface area contributed by atoms with Gasteiger partial charge in [-0.05, 0) is 29.3 Å². The van der Waals surface area contributed by atoms with E-state index < -0.39 is 17.7 Å². The molecule has 1 unspecified atom stereocenters. The Labute approximate surface area is 102 Å². The maximum absolute atomic E-state index is 12.6. The summed E-state index contributed by atoms with van der Waals surface area (Å²) >= 11 is 0. The van der Waals surface area contributed by atoms with Crippen molar-refractivity contribution < 1.29 is 22.7 Å². The summed E-state index contributed by atoms with van der Waals surface area (Å²) in [6.45, 7) is 3.05. The van der Waals surface area contributed by atoms with Crippen molar-refractivity contribution in [2.45, 2.75) is 25.9 Å². The number of alkyl halides is 3. The zero-order valence-electron chi connectivity index (χ0n) is 9.84. The summed E-state index contributed by atoms with van der Waals surface area (Å²) in [4.78, 5) is 10.9. The lowest BCUT2D eigenvalue weighted by Crippen LogP contribution is -2.06. The van der Waals surface area contributed by atoms with Gasteiger partial charge in [-0.15, -0.1) is 0 Å². The van der Waals surface area contributed by atoms with Gasteiger partial charge in [0.15, 0.2) is 0 Å². The Balaban J connectivity index is 2.38. The van der Waals surface area contributed by atoms with Gasteiger partial charge in [-0.3, -0.25) is 4.79 Å². The lowest BCUT2D eigenvalue weighted by Gasteiger charge is -2.11. The van der Waals surface area contributed by atoms with Gasteiger partial charge in [0.05, 0.1) is 5.56 Å². The predicted octanol–water partition coefficient (Wildman–Crippen LogP) is 3.73. The number of carbonyl (C=O) groups is 1. The highest BCUT2D eigenvalue weighted by atomic mass is 19.4. The van der Waals surface area contributed by atoms with E-state index in [-0.39, 0.29) is 5.92 Å². The lowest BCUT2D eigenvalue weighted by atomic mass is 10.00. The highest BCUT2D eigenvalue weighted by Crippen LogP contribution is 2.39. The second-order valence-electron chi connectivity index (χ2n) is 4.20. The van der Waals surface area contributed by atoms with Gasteiger partial charge in [-0.1, -0.05) is 13.0 Å². The molecule has 0 spiro atoms. The van der Waals surface area contributed by atoms with E-state index in [1.165, 1.54) is 19.1 Å². The van der Waals surface area contributed by atoms with Crippen molar-refractivity contribution >= 4 is 12.0 Å². The number of benzene rings is 1. The van der Waals surface area contributed by atoms with Crippen LogP contribution in [0.1, 0.15) is 36.5 Å². The van der Waals surface area contributed by atoms with Crippen molar-refractivity contribution in [2.24, 2.45) is 0 Å². The fourth-order valence-electron chi connectivity index (χ4n) is 1.99. The molecule has 1 aromatic carbocycles. The van der Waals surface area contributed by atoms with Crippen LogP contribution in [0.4, 0.5) is 13.2 Å². The third-order valence-corrected chi connectivity index (χ3v) is 2.87. The maximum Gasteiger partial charge on any atom is 0.416 e. The van der Waals surface area contributed by atoms with Crippen molar-refractivity contribution in [3.63, 3.8) is 0 Å². The van der Waals surface area contributed by atoms with Gasteiger partial charge in [0, 0.05) is 12.8 Å². The highest BCUT2D eigenvalue weighted by Gasteiger charge is 2.33. The van der Waals surface area contributed by atoms with Crippen LogP contribution < -0.4 is 0 Å². The number of hydrogen-bond acceptors (Lipinski definition) is 2. The minimum atomic E-state index is -4.36. The van der Waals surface area contributed by atoms with Crippen LogP contribution in [0.3, 0.4) is 0 Å². The van der Waals surface area contributed by atoms with Crippen LogP contribution in [0.5, 0.6) is 0 Å². The molecule has 0 N–H and O–H groups in total. The first-order valence-electron chi connectivity index (χ1n) is 5.40. The first kappa shape index (κ1) is 12.7. The van der Waals surface area contributed by atoms with Crippen molar-refractivity contribution in [1.82, 2.24) is 0 Å². The molecule has 0 aliphatic heterocycles. The van der Waals surface area contributed by atoms with Gasteiger partial charge in [-0.2, -0.15) is 13.2 Å². The van der Waals surface area contributed by atoms with Crippen LogP contribution in [-0.4, -0.2) is 5.97 Å². The molecule has 1 aliphatic rings. The van der Waals surface area contributed by atoms with Crippen LogP contribution >= 0.6 is 0 Å². The SMILES string of the molecule is CC(=O)OC1=Cc2cc(C(F)(F)F)ccc2C1C. The molecule has 1 aromatic rings. The van der Waals surface area contributed by atoms with E-state index >= 15 is 0 Å². The Morgan fingerprint density at radius 1 is 1.33 bits per heavy atom. The fraction of sp³-hybridized carbons (Fsp3) is 0.308. The van der Waals surface area contributed by atoms with Gasteiger partial charge >= 0.3 is 12.1 Å². The fourth-order valence-corrected chi connectivity index (χ4v) is 1.99. The average Bonchev–Trinajstić information content (AvgIpc) is 2.53. The number of carbonyl (C=O) groups excluding carboxylic acids is 1. The summed E-state index contributed by atoms with van der Waals surface area (Å²) in [6.07, 6.45) is -2.88. The molecule has 0 aromatic heterocycles. The quantitative estimate of drug-likeness (QED) is 0.716. The van der Waals surface area contributed by atoms with Crippen LogP contribution in [0.25, 0.3) is 6.08 Å². The molecule has 0 saturated carbocycles. The van der Waals surface area contributed by atoms with Gasteiger partial charge in [-0.25, -0.2) is 0 Å². The topological polar surface area (TPSA) is 26.3 Å². The van der Waals surface area contributed by atoms with Gasteiger partial charge in [0.2, 0.25) is 0 Å². The number of fused-ring (bicyclic) bond motifs is 1. The number of rotatable bonds is 1. The second-order valence-corrected chi connectivity index (χ2v) is 4.20. The third kappa shape index (κ3) is 2.25. The first-order chi connectivity index (χ1) is 8.29. The van der Waals surface area contributed by atoms with Gasteiger partial charge in [0.25, 0.3) is 0 Å². The molecule has 0 bridgehead atoms. The number of esters is 1. The molecule has 5 heteroatoms. The van der Waals surface area contributed by atoms with Gasteiger partial charge < -0.3 is 4.74 Å². The summed E-state index contributed by atoms with van der Waals surface area (Å²) in [5.74, 6) is -0.292. The summed E-state index contributed by atoms with van der Waals surface area (Å²) < 4.78 is 42.6. The molecule has 2 nitrogen and oxygen atoms in total. The van der Waals surface area contributed by atoms with E-state index in [4.69, 9.17) is 4.74 Å². The first-order valence-corrected chi connectivity index (χ1v) is 5.40. The number of ether oxygens (including phenoxy) is 1. The molecule has 0 radical (unpaired) electrons. The van der Waals surface area contributed by atoms with Crippen LogP contribution in [0, 0.1) is 0 Å². The molecular weight excluding hydrogens is 245 g/mol. The summed E-state index contributed by atoms with van der Waals surface area (Å²) in [6, 6.07) is 3.54. The van der Waals surface area contributed by atoms with Crippen LogP contribution in [0.2, 0.25) is 0 Å². The monoisotopic (exact) mass is 256 g/mol. The molecule has 0 saturated heterocycles. The zero-order valence-corrected chi connectivity index (χ0v) is 9.84. The summed E-state index contributed by atoms with van der Waals surface area (Å²) in [7, 11) is 0. The third-order valence-electron chi connectivity index (χ3n) is 2.87. The van der Waals surface area contributed by atoms with Crippen LogP contribution in [-0.2, 0) is 15.7 Å². The molecule has 2 rings (SSSR count). The van der Waals surface area contributed by atoms with E-state index in [1.54, 1.807) is 6.92 Å². The van der Waals surface area contributed by atoms with Crippen molar-refractivity contribution in [3.05, 3.63) is 40.6 Å². The summed E-state index contributed by atoms with van der Waals surface area (Å²) in [5.41, 5.74) is 0.488. The smallest absolute Gasteiger partial charge is 0.416 e. The zero-order chi connectivity index (χ0) is 13.5. The normalized spacial score (nSPS) is 18.3. The van der Waals surface area contributed by atoms with Crippen molar-refractivity contribution in [2.75, 3.05) is 0 Å². The average molecular weight is 256 g/mol. The molecule has 0 amide bonds. The number of hydrogen-bond donors (Lipinski definition) is 0. The largest absolute Gasteiger partial charge is 0.431 e. The lowest BCUT2D eigenvalue weighted by molar-refractivity contribution is -0.138. The molecule has 0 heterocycles. The molecular formula is C13H11F3O2. The molecule has 18 heavy (non-hydrogen) atoms. The maximum atomic E-state index is 12.6. The Morgan fingerprint density at radius 2 is 2.00 bits per heavy atom. The second kappa shape index (κ2) is 4.15.